The first-order valence-corrected chi connectivity index (χ1v) is 4.06. The van der Waals surface area contributed by atoms with Gasteiger partial charge in [-0.2, -0.15) is 0 Å². The summed E-state index contributed by atoms with van der Waals surface area (Å²) in [5, 5.41) is 11.4. The molecule has 4 heteroatoms. The molecule has 0 aromatic carbocycles. The van der Waals surface area contributed by atoms with E-state index in [2.05, 4.69) is 5.32 Å². The number of carbonyl (C=O) groups is 2. The Bertz CT molecular complexity index is 263. The Hall–Kier alpha value is -1.06. The molecule has 0 saturated heterocycles. The van der Waals surface area contributed by atoms with E-state index in [1.807, 2.05) is 0 Å². The number of hydrogen-bond donors (Lipinski definition) is 2. The fourth-order valence-electron chi connectivity index (χ4n) is 2.03. The van der Waals surface area contributed by atoms with Crippen molar-refractivity contribution in [2.45, 2.75) is 25.8 Å². The normalized spacial score (nSPS) is 42.4. The molecule has 4 nitrogen and oxygen atoms in total. The van der Waals surface area contributed by atoms with E-state index in [0.29, 0.717) is 0 Å². The summed E-state index contributed by atoms with van der Waals surface area (Å²) in [7, 11) is 0. The Balaban J connectivity index is 1.89. The topological polar surface area (TPSA) is 66.4 Å². The highest BCUT2D eigenvalue weighted by molar-refractivity contribution is 5.78. The summed E-state index contributed by atoms with van der Waals surface area (Å²) >= 11 is 0. The minimum Gasteiger partial charge on any atom is -0.481 e. The average molecular weight is 169 g/mol. The van der Waals surface area contributed by atoms with E-state index in [-0.39, 0.29) is 23.3 Å². The van der Waals surface area contributed by atoms with Gasteiger partial charge in [0.25, 0.3) is 0 Å². The highest BCUT2D eigenvalue weighted by Crippen LogP contribution is 2.70. The molecule has 2 saturated carbocycles. The van der Waals surface area contributed by atoms with Gasteiger partial charge in [-0.25, -0.2) is 0 Å². The predicted molar refractivity (Wildman–Crippen MR) is 40.4 cm³/mol. The van der Waals surface area contributed by atoms with Crippen molar-refractivity contribution in [3.63, 3.8) is 0 Å². The number of carboxylic acids is 1. The molecule has 12 heavy (non-hydrogen) atoms. The van der Waals surface area contributed by atoms with E-state index >= 15 is 0 Å². The van der Waals surface area contributed by atoms with Gasteiger partial charge < -0.3 is 10.4 Å². The van der Waals surface area contributed by atoms with Gasteiger partial charge in [0.1, 0.15) is 0 Å². The molecule has 1 amide bonds. The maximum atomic E-state index is 10.6. The Morgan fingerprint density at radius 1 is 1.50 bits per heavy atom. The Morgan fingerprint density at radius 2 is 2.17 bits per heavy atom. The number of aliphatic carboxylic acids is 1. The van der Waals surface area contributed by atoms with Crippen molar-refractivity contribution in [3.05, 3.63) is 0 Å². The first-order chi connectivity index (χ1) is 5.56. The monoisotopic (exact) mass is 169 g/mol. The second-order valence-electron chi connectivity index (χ2n) is 3.79. The highest BCUT2D eigenvalue weighted by Gasteiger charge is 2.73. The van der Waals surface area contributed by atoms with E-state index in [9.17, 15) is 9.59 Å². The summed E-state index contributed by atoms with van der Waals surface area (Å²) in [4.78, 5) is 21.2. The summed E-state index contributed by atoms with van der Waals surface area (Å²) in [6.07, 6.45) is 1.59. The molecule has 1 spiro atoms. The molecular weight excluding hydrogens is 158 g/mol. The fraction of sp³-hybridized carbons (Fsp3) is 0.750. The lowest BCUT2D eigenvalue weighted by Gasteiger charge is -1.97. The zero-order valence-corrected chi connectivity index (χ0v) is 6.83. The van der Waals surface area contributed by atoms with Gasteiger partial charge in [-0.05, 0) is 12.8 Å². The van der Waals surface area contributed by atoms with Crippen molar-refractivity contribution < 1.29 is 14.7 Å². The molecule has 66 valence electrons. The van der Waals surface area contributed by atoms with Crippen LogP contribution in [0.15, 0.2) is 0 Å². The molecule has 0 aromatic heterocycles. The van der Waals surface area contributed by atoms with Crippen LogP contribution in [0.4, 0.5) is 0 Å². The number of amides is 1. The molecule has 2 aliphatic carbocycles. The lowest BCUT2D eigenvalue weighted by Crippen LogP contribution is -2.24. The third-order valence-corrected chi connectivity index (χ3v) is 2.91. The fourth-order valence-corrected chi connectivity index (χ4v) is 2.03. The van der Waals surface area contributed by atoms with Crippen LogP contribution in [0.25, 0.3) is 0 Å². The standard InChI is InChI=1S/C8H11NO3/c1-4(10)9-6-3-8(6)2-5(8)7(11)12/h5-6H,2-3H2,1H3,(H,9,10)(H,11,12). The van der Waals surface area contributed by atoms with E-state index in [0.717, 1.165) is 12.8 Å². The van der Waals surface area contributed by atoms with Crippen LogP contribution >= 0.6 is 0 Å². The number of hydrogen-bond acceptors (Lipinski definition) is 2. The summed E-state index contributed by atoms with van der Waals surface area (Å²) in [6, 6.07) is 0.135. The van der Waals surface area contributed by atoms with Gasteiger partial charge in [-0.3, -0.25) is 9.59 Å². The summed E-state index contributed by atoms with van der Waals surface area (Å²) in [6.45, 7) is 1.46. The van der Waals surface area contributed by atoms with Crippen LogP contribution in [0.1, 0.15) is 19.8 Å². The van der Waals surface area contributed by atoms with E-state index in [1.165, 1.54) is 6.92 Å². The molecule has 0 aliphatic heterocycles. The van der Waals surface area contributed by atoms with Crippen molar-refractivity contribution in [1.29, 1.82) is 0 Å². The van der Waals surface area contributed by atoms with E-state index in [4.69, 9.17) is 5.11 Å². The SMILES string of the molecule is CC(=O)NC1CC12CC2C(=O)O. The van der Waals surface area contributed by atoms with Crippen LogP contribution in [0.3, 0.4) is 0 Å². The quantitative estimate of drug-likeness (QED) is 0.610. The van der Waals surface area contributed by atoms with E-state index < -0.39 is 5.97 Å². The number of rotatable bonds is 2. The number of carbonyl (C=O) groups excluding carboxylic acids is 1. The zero-order valence-electron chi connectivity index (χ0n) is 6.83. The molecule has 2 N–H and O–H groups in total. The van der Waals surface area contributed by atoms with E-state index in [1.54, 1.807) is 0 Å². The lowest BCUT2D eigenvalue weighted by molar-refractivity contribution is -0.139. The molecule has 3 unspecified atom stereocenters. The molecule has 2 fully saturated rings. The smallest absolute Gasteiger partial charge is 0.307 e. The van der Waals surface area contributed by atoms with Gasteiger partial charge in [0.2, 0.25) is 5.91 Å². The van der Waals surface area contributed by atoms with Gasteiger partial charge in [0.05, 0.1) is 5.92 Å². The molecule has 0 bridgehead atoms. The molecule has 0 heterocycles. The maximum Gasteiger partial charge on any atom is 0.307 e. The maximum absolute atomic E-state index is 10.6. The second-order valence-corrected chi connectivity index (χ2v) is 3.79. The molecule has 2 aliphatic rings. The largest absolute Gasteiger partial charge is 0.481 e. The minimum absolute atomic E-state index is 0.0441. The van der Waals surface area contributed by atoms with Crippen LogP contribution in [-0.4, -0.2) is 23.0 Å². The van der Waals surface area contributed by atoms with Crippen molar-refractivity contribution in [3.8, 4) is 0 Å². The highest BCUT2D eigenvalue weighted by atomic mass is 16.4. The second kappa shape index (κ2) is 2.00. The van der Waals surface area contributed by atoms with Crippen LogP contribution in [0, 0.1) is 11.3 Å². The zero-order chi connectivity index (χ0) is 8.93. The Kier molecular flexibility index (Phi) is 1.26. The van der Waals surface area contributed by atoms with Crippen LogP contribution in [0.2, 0.25) is 0 Å². The summed E-state index contributed by atoms with van der Waals surface area (Å²) < 4.78 is 0. The molecule has 3 atom stereocenters. The third kappa shape index (κ3) is 0.906. The van der Waals surface area contributed by atoms with Crippen molar-refractivity contribution in [2.24, 2.45) is 11.3 Å². The van der Waals surface area contributed by atoms with Gasteiger partial charge in [-0.1, -0.05) is 0 Å². The lowest BCUT2D eigenvalue weighted by atomic mass is 10.3. The van der Waals surface area contributed by atoms with Gasteiger partial charge in [0.15, 0.2) is 0 Å². The summed E-state index contributed by atoms with van der Waals surface area (Å²) in [5.41, 5.74) is -0.0441. The Labute approximate surface area is 69.9 Å². The first kappa shape index (κ1) is 7.58. The van der Waals surface area contributed by atoms with Crippen LogP contribution in [0.5, 0.6) is 0 Å². The molecular formula is C8H11NO3. The molecule has 0 aromatic rings. The molecule has 0 radical (unpaired) electrons. The van der Waals surface area contributed by atoms with Gasteiger partial charge in [0, 0.05) is 18.4 Å². The van der Waals surface area contributed by atoms with Gasteiger partial charge >= 0.3 is 5.97 Å². The van der Waals surface area contributed by atoms with Crippen molar-refractivity contribution in [2.75, 3.05) is 0 Å². The summed E-state index contributed by atoms with van der Waals surface area (Å²) in [5.74, 6) is -0.981. The van der Waals surface area contributed by atoms with Crippen LogP contribution in [-0.2, 0) is 9.59 Å². The van der Waals surface area contributed by atoms with Gasteiger partial charge in [-0.15, -0.1) is 0 Å². The average Bonchev–Trinajstić information content (AvgIpc) is 2.74. The third-order valence-electron chi connectivity index (χ3n) is 2.91. The van der Waals surface area contributed by atoms with Crippen molar-refractivity contribution in [1.82, 2.24) is 5.32 Å². The molecule has 2 rings (SSSR count). The number of nitrogens with one attached hydrogen (secondary N) is 1. The minimum atomic E-state index is -0.720. The Morgan fingerprint density at radius 3 is 2.58 bits per heavy atom. The van der Waals surface area contributed by atoms with Crippen molar-refractivity contribution >= 4 is 11.9 Å². The number of carboxylic acid groups (broad SMARTS) is 1. The van der Waals surface area contributed by atoms with Crippen LogP contribution < -0.4 is 5.32 Å². The first-order valence-electron chi connectivity index (χ1n) is 4.06. The predicted octanol–water partition coefficient (Wildman–Crippen LogP) is -0.0143.